The Bertz CT molecular complexity index is 883. The number of Topliss-reactive ketones (excluding diaryl/α,β-unsaturated/α-hetero) is 1. The first-order valence-electron chi connectivity index (χ1n) is 11.4. The van der Waals surface area contributed by atoms with Gasteiger partial charge < -0.3 is 9.84 Å². The fourth-order valence-electron chi connectivity index (χ4n) is 3.47. The Morgan fingerprint density at radius 3 is 2.41 bits per heavy atom. The van der Waals surface area contributed by atoms with E-state index in [2.05, 4.69) is 0 Å². The molecule has 4 heteroatoms. The van der Waals surface area contributed by atoms with Gasteiger partial charge in [-0.1, -0.05) is 35.8 Å². The normalized spacial score (nSPS) is 13.0. The number of carbonyl (C=O) groups excluding carboxylic acids is 2. The van der Waals surface area contributed by atoms with Crippen LogP contribution in [0.25, 0.3) is 0 Å². The van der Waals surface area contributed by atoms with Crippen molar-refractivity contribution in [2.45, 2.75) is 80.1 Å². The molecular formula is C28H40O4. The van der Waals surface area contributed by atoms with Crippen molar-refractivity contribution >= 4 is 11.6 Å². The molecule has 0 fully saturated rings. The van der Waals surface area contributed by atoms with E-state index in [0.29, 0.717) is 25.0 Å². The van der Waals surface area contributed by atoms with Crippen LogP contribution in [-0.4, -0.2) is 23.8 Å². The Hall–Kier alpha value is -2.62. The minimum atomic E-state index is 0.0518. The van der Waals surface area contributed by atoms with Crippen LogP contribution in [0.5, 0.6) is 11.5 Å². The summed E-state index contributed by atoms with van der Waals surface area (Å²) in [7, 11) is 1.60. The number of hydrogen-bond donors (Lipinski definition) is 1. The van der Waals surface area contributed by atoms with Gasteiger partial charge in [-0.2, -0.15) is 0 Å². The molecule has 32 heavy (non-hydrogen) atoms. The Morgan fingerprint density at radius 1 is 1.09 bits per heavy atom. The fraction of sp³-hybridized carbons (Fsp3) is 0.500. The van der Waals surface area contributed by atoms with Crippen molar-refractivity contribution in [3.05, 3.63) is 58.2 Å². The van der Waals surface area contributed by atoms with E-state index in [-0.39, 0.29) is 23.2 Å². The Balaban J connectivity index is 2.53. The summed E-state index contributed by atoms with van der Waals surface area (Å²) in [5.74, 6) is 1.39. The molecule has 0 aromatic heterocycles. The molecule has 1 rings (SSSR count). The number of ether oxygens (including phenoxy) is 1. The molecule has 0 saturated carbocycles. The second-order valence-electron chi connectivity index (χ2n) is 9.09. The van der Waals surface area contributed by atoms with E-state index < -0.39 is 0 Å². The summed E-state index contributed by atoms with van der Waals surface area (Å²) >= 11 is 0. The lowest BCUT2D eigenvalue weighted by molar-refractivity contribution is -0.121. The third kappa shape index (κ3) is 10.1. The number of rotatable bonds is 13. The average Bonchev–Trinajstić information content (AvgIpc) is 2.72. The zero-order valence-corrected chi connectivity index (χ0v) is 20.9. The lowest BCUT2D eigenvalue weighted by atomic mass is 9.95. The molecule has 0 heterocycles. The van der Waals surface area contributed by atoms with Crippen LogP contribution in [0.2, 0.25) is 0 Å². The van der Waals surface area contributed by atoms with E-state index in [4.69, 9.17) is 4.74 Å². The van der Waals surface area contributed by atoms with Gasteiger partial charge in [0.05, 0.1) is 7.11 Å². The van der Waals surface area contributed by atoms with Crippen molar-refractivity contribution in [1.82, 2.24) is 0 Å². The number of phenolic OH excluding ortho intramolecular Hbond substituents is 1. The number of methoxy groups -OCH3 is 1. The topological polar surface area (TPSA) is 63.6 Å². The molecule has 1 aromatic carbocycles. The van der Waals surface area contributed by atoms with Gasteiger partial charge in [0.2, 0.25) is 0 Å². The van der Waals surface area contributed by atoms with Crippen molar-refractivity contribution in [3.63, 3.8) is 0 Å². The molecule has 0 spiro atoms. The molecule has 1 atom stereocenters. The van der Waals surface area contributed by atoms with Crippen LogP contribution in [0.3, 0.4) is 0 Å². The highest BCUT2D eigenvalue weighted by Gasteiger charge is 2.11. The highest BCUT2D eigenvalue weighted by atomic mass is 16.5. The molecule has 1 N–H and O–H groups in total. The van der Waals surface area contributed by atoms with E-state index >= 15 is 0 Å². The lowest BCUT2D eigenvalue weighted by Gasteiger charge is -2.10. The maximum Gasteiger partial charge on any atom is 0.159 e. The van der Waals surface area contributed by atoms with Gasteiger partial charge in [0, 0.05) is 24.3 Å². The quantitative estimate of drug-likeness (QED) is 0.269. The SMILES string of the molecule is COc1cc(C)c(O)c(C/C=C(\C)CC(=O)/C=C(\C)CCCC(C)C(=O)CC=C(C)C)c1. The molecule has 0 aliphatic carbocycles. The van der Waals surface area contributed by atoms with Gasteiger partial charge in [0.1, 0.15) is 17.3 Å². The maximum absolute atomic E-state index is 12.4. The molecule has 0 radical (unpaired) electrons. The molecule has 176 valence electrons. The van der Waals surface area contributed by atoms with E-state index in [0.717, 1.165) is 41.5 Å². The fourth-order valence-corrected chi connectivity index (χ4v) is 3.47. The van der Waals surface area contributed by atoms with Gasteiger partial charge in [0.15, 0.2) is 5.78 Å². The summed E-state index contributed by atoms with van der Waals surface area (Å²) in [6, 6.07) is 3.62. The summed E-state index contributed by atoms with van der Waals surface area (Å²) in [5, 5.41) is 10.3. The molecule has 0 aliphatic heterocycles. The van der Waals surface area contributed by atoms with Crippen LogP contribution >= 0.6 is 0 Å². The van der Waals surface area contributed by atoms with E-state index in [1.807, 2.05) is 59.8 Å². The number of phenols is 1. The molecule has 0 amide bonds. The van der Waals surface area contributed by atoms with Crippen LogP contribution in [0.1, 0.15) is 77.8 Å². The van der Waals surface area contributed by atoms with Crippen molar-refractivity contribution < 1.29 is 19.4 Å². The molecule has 4 nitrogen and oxygen atoms in total. The van der Waals surface area contributed by atoms with Crippen LogP contribution in [0.15, 0.2) is 47.1 Å². The Kier molecular flexibility index (Phi) is 11.8. The first kappa shape index (κ1) is 27.4. The van der Waals surface area contributed by atoms with Gasteiger partial charge >= 0.3 is 0 Å². The van der Waals surface area contributed by atoms with Gasteiger partial charge in [-0.25, -0.2) is 0 Å². The monoisotopic (exact) mass is 440 g/mol. The predicted octanol–water partition coefficient (Wildman–Crippen LogP) is 6.84. The highest BCUT2D eigenvalue weighted by molar-refractivity contribution is 5.91. The number of hydrogen-bond acceptors (Lipinski definition) is 4. The minimum absolute atomic E-state index is 0.0518. The lowest BCUT2D eigenvalue weighted by Crippen LogP contribution is -2.09. The number of aromatic hydroxyl groups is 1. The zero-order valence-electron chi connectivity index (χ0n) is 20.9. The van der Waals surface area contributed by atoms with Gasteiger partial charge in [-0.3, -0.25) is 9.59 Å². The van der Waals surface area contributed by atoms with Gasteiger partial charge in [-0.15, -0.1) is 0 Å². The van der Waals surface area contributed by atoms with Crippen molar-refractivity contribution in [3.8, 4) is 11.5 Å². The summed E-state index contributed by atoms with van der Waals surface area (Å²) < 4.78 is 5.27. The second kappa shape index (κ2) is 13.7. The molecule has 1 aromatic rings. The van der Waals surface area contributed by atoms with Crippen LogP contribution in [-0.2, 0) is 16.0 Å². The van der Waals surface area contributed by atoms with E-state index in [9.17, 15) is 14.7 Å². The van der Waals surface area contributed by atoms with Crippen molar-refractivity contribution in [2.75, 3.05) is 7.11 Å². The standard InChI is InChI=1S/C28H40O4/c1-19(2)11-14-27(30)22(5)10-8-9-20(3)15-25(29)16-21(4)12-13-24-18-26(32-7)17-23(6)28(24)31/h11-12,15,17-18,22,31H,8-10,13-14,16H2,1-7H3/b20-15+,21-12+. The van der Waals surface area contributed by atoms with Gasteiger partial charge in [0.25, 0.3) is 0 Å². The Labute approximate surface area is 194 Å². The molecule has 0 aliphatic rings. The summed E-state index contributed by atoms with van der Waals surface area (Å²) in [4.78, 5) is 24.5. The molecule has 0 bridgehead atoms. The van der Waals surface area contributed by atoms with Crippen molar-refractivity contribution in [2.24, 2.45) is 5.92 Å². The number of carbonyl (C=O) groups is 2. The number of ketones is 2. The highest BCUT2D eigenvalue weighted by Crippen LogP contribution is 2.28. The number of benzene rings is 1. The predicted molar refractivity (Wildman–Crippen MR) is 132 cm³/mol. The zero-order chi connectivity index (χ0) is 24.3. The Morgan fingerprint density at radius 2 is 1.78 bits per heavy atom. The third-order valence-electron chi connectivity index (χ3n) is 5.59. The van der Waals surface area contributed by atoms with Crippen molar-refractivity contribution in [1.29, 1.82) is 0 Å². The molecule has 0 saturated heterocycles. The maximum atomic E-state index is 12.4. The van der Waals surface area contributed by atoms with E-state index in [1.54, 1.807) is 19.3 Å². The van der Waals surface area contributed by atoms with Gasteiger partial charge in [-0.05, 0) is 84.1 Å². The van der Waals surface area contributed by atoms with Crippen LogP contribution in [0, 0.1) is 12.8 Å². The molecular weight excluding hydrogens is 400 g/mol. The van der Waals surface area contributed by atoms with E-state index in [1.165, 1.54) is 5.57 Å². The first-order valence-corrected chi connectivity index (χ1v) is 11.4. The molecule has 1 unspecified atom stereocenters. The number of allylic oxidation sites excluding steroid dienone is 6. The van der Waals surface area contributed by atoms with Crippen LogP contribution < -0.4 is 4.74 Å². The number of aryl methyl sites for hydroxylation is 1. The second-order valence-corrected chi connectivity index (χ2v) is 9.09. The summed E-state index contributed by atoms with van der Waals surface area (Å²) in [5.41, 5.74) is 4.74. The summed E-state index contributed by atoms with van der Waals surface area (Å²) in [6.45, 7) is 11.7. The average molecular weight is 441 g/mol. The first-order chi connectivity index (χ1) is 15.0. The van der Waals surface area contributed by atoms with Crippen LogP contribution in [0.4, 0.5) is 0 Å². The third-order valence-corrected chi connectivity index (χ3v) is 5.59. The minimum Gasteiger partial charge on any atom is -0.507 e. The largest absolute Gasteiger partial charge is 0.507 e. The summed E-state index contributed by atoms with van der Waals surface area (Å²) in [6.07, 6.45) is 9.67. The smallest absolute Gasteiger partial charge is 0.159 e.